The van der Waals surface area contributed by atoms with Gasteiger partial charge in [0.25, 0.3) is 0 Å². The van der Waals surface area contributed by atoms with Crippen molar-refractivity contribution < 1.29 is 14.6 Å². The van der Waals surface area contributed by atoms with E-state index in [-0.39, 0.29) is 0 Å². The van der Waals surface area contributed by atoms with Gasteiger partial charge >= 0.3 is 5.97 Å². The van der Waals surface area contributed by atoms with Gasteiger partial charge in [0, 0.05) is 13.5 Å². The maximum atomic E-state index is 10.7. The third-order valence-electron chi connectivity index (χ3n) is 2.23. The maximum absolute atomic E-state index is 10.7. The number of methoxy groups -OCH3 is 1. The number of carboxylic acid groups (broad SMARTS) is 1. The fraction of sp³-hybridized carbons (Fsp3) is 0.364. The van der Waals surface area contributed by atoms with Crippen LogP contribution in [0.25, 0.3) is 0 Å². The van der Waals surface area contributed by atoms with Crippen molar-refractivity contribution in [1.82, 2.24) is 0 Å². The Balaban J connectivity index is 2.77. The first-order valence-corrected chi connectivity index (χ1v) is 4.45. The van der Waals surface area contributed by atoms with Crippen LogP contribution in [0.1, 0.15) is 11.1 Å². The quantitative estimate of drug-likeness (QED) is 0.792. The smallest absolute Gasteiger partial charge is 0.333 e. The van der Waals surface area contributed by atoms with Crippen LogP contribution in [-0.4, -0.2) is 24.3 Å². The van der Waals surface area contributed by atoms with E-state index in [0.29, 0.717) is 6.42 Å². The highest BCUT2D eigenvalue weighted by molar-refractivity contribution is 5.72. The van der Waals surface area contributed by atoms with E-state index in [1.807, 2.05) is 31.2 Å². The molecule has 0 aliphatic heterocycles. The lowest BCUT2D eigenvalue weighted by molar-refractivity contribution is -0.148. The average Bonchev–Trinajstić information content (AvgIpc) is 2.16. The van der Waals surface area contributed by atoms with Gasteiger partial charge < -0.3 is 9.84 Å². The van der Waals surface area contributed by atoms with Crippen molar-refractivity contribution >= 4 is 5.97 Å². The molecule has 0 aliphatic rings. The van der Waals surface area contributed by atoms with Gasteiger partial charge in [-0.25, -0.2) is 4.79 Å². The summed E-state index contributed by atoms with van der Waals surface area (Å²) in [4.78, 5) is 10.7. The van der Waals surface area contributed by atoms with Gasteiger partial charge in [0.2, 0.25) is 0 Å². The van der Waals surface area contributed by atoms with E-state index >= 15 is 0 Å². The lowest BCUT2D eigenvalue weighted by Crippen LogP contribution is -2.25. The van der Waals surface area contributed by atoms with Gasteiger partial charge in [-0.1, -0.05) is 24.3 Å². The van der Waals surface area contributed by atoms with E-state index in [4.69, 9.17) is 9.84 Å². The molecule has 1 aromatic carbocycles. The van der Waals surface area contributed by atoms with Gasteiger partial charge in [-0.15, -0.1) is 0 Å². The highest BCUT2D eigenvalue weighted by Crippen LogP contribution is 2.11. The first-order valence-electron chi connectivity index (χ1n) is 4.45. The molecule has 0 spiro atoms. The minimum Gasteiger partial charge on any atom is -0.479 e. The minimum atomic E-state index is -0.921. The molecule has 1 N–H and O–H groups in total. The van der Waals surface area contributed by atoms with Gasteiger partial charge in [0.05, 0.1) is 0 Å². The number of hydrogen-bond acceptors (Lipinski definition) is 2. The summed E-state index contributed by atoms with van der Waals surface area (Å²) in [6, 6.07) is 7.71. The third-order valence-corrected chi connectivity index (χ3v) is 2.23. The molecule has 0 fully saturated rings. The number of carboxylic acids is 1. The molecule has 0 unspecified atom stereocenters. The Labute approximate surface area is 83.3 Å². The molecule has 76 valence electrons. The molecule has 1 atom stereocenters. The predicted octanol–water partition coefficient (Wildman–Crippen LogP) is 1.64. The first-order chi connectivity index (χ1) is 6.65. The zero-order chi connectivity index (χ0) is 10.6. The van der Waals surface area contributed by atoms with Gasteiger partial charge in [-0.3, -0.25) is 0 Å². The maximum Gasteiger partial charge on any atom is 0.333 e. The largest absolute Gasteiger partial charge is 0.479 e. The highest BCUT2D eigenvalue weighted by atomic mass is 16.5. The van der Waals surface area contributed by atoms with Crippen LogP contribution in [0.2, 0.25) is 0 Å². The molecule has 0 aromatic heterocycles. The first kappa shape index (κ1) is 10.7. The SMILES string of the molecule is CO[C@@H](Cc1ccccc1C)C(=O)O. The molecule has 0 bridgehead atoms. The number of rotatable bonds is 4. The van der Waals surface area contributed by atoms with Gasteiger partial charge in [0.1, 0.15) is 0 Å². The van der Waals surface area contributed by atoms with Gasteiger partial charge in [-0.2, -0.15) is 0 Å². The molecular formula is C11H14O3. The van der Waals surface area contributed by atoms with Crippen LogP contribution in [-0.2, 0) is 16.0 Å². The van der Waals surface area contributed by atoms with Crippen LogP contribution in [0.5, 0.6) is 0 Å². The van der Waals surface area contributed by atoms with E-state index in [2.05, 4.69) is 0 Å². The Hall–Kier alpha value is -1.35. The Morgan fingerprint density at radius 1 is 1.50 bits per heavy atom. The zero-order valence-corrected chi connectivity index (χ0v) is 8.36. The molecule has 3 heteroatoms. The number of aliphatic carboxylic acids is 1. The van der Waals surface area contributed by atoms with E-state index < -0.39 is 12.1 Å². The second-order valence-corrected chi connectivity index (χ2v) is 3.19. The number of carbonyl (C=O) groups is 1. The fourth-order valence-corrected chi connectivity index (χ4v) is 1.31. The van der Waals surface area contributed by atoms with Crippen molar-refractivity contribution in [2.24, 2.45) is 0 Å². The molecule has 0 amide bonds. The fourth-order valence-electron chi connectivity index (χ4n) is 1.31. The van der Waals surface area contributed by atoms with E-state index in [1.54, 1.807) is 0 Å². The summed E-state index contributed by atoms with van der Waals surface area (Å²) in [5, 5.41) is 8.80. The number of benzene rings is 1. The zero-order valence-electron chi connectivity index (χ0n) is 8.36. The molecule has 0 saturated carbocycles. The molecule has 1 rings (SSSR count). The summed E-state index contributed by atoms with van der Waals surface area (Å²) < 4.78 is 4.87. The van der Waals surface area contributed by atoms with Crippen LogP contribution in [0.4, 0.5) is 0 Å². The second kappa shape index (κ2) is 4.77. The van der Waals surface area contributed by atoms with Crippen molar-refractivity contribution in [2.45, 2.75) is 19.4 Å². The summed E-state index contributed by atoms with van der Waals surface area (Å²) in [7, 11) is 1.41. The summed E-state index contributed by atoms with van der Waals surface area (Å²) in [5.74, 6) is -0.921. The van der Waals surface area contributed by atoms with Crippen molar-refractivity contribution in [3.8, 4) is 0 Å². The van der Waals surface area contributed by atoms with Crippen LogP contribution in [0, 0.1) is 6.92 Å². The lowest BCUT2D eigenvalue weighted by Gasteiger charge is -2.11. The van der Waals surface area contributed by atoms with Crippen molar-refractivity contribution in [3.05, 3.63) is 35.4 Å². The van der Waals surface area contributed by atoms with E-state index in [9.17, 15) is 4.79 Å². The molecule has 1 aromatic rings. The van der Waals surface area contributed by atoms with Crippen molar-refractivity contribution in [3.63, 3.8) is 0 Å². The molecule has 0 aliphatic carbocycles. The van der Waals surface area contributed by atoms with Crippen LogP contribution in [0.15, 0.2) is 24.3 Å². The Bertz CT molecular complexity index is 320. The molecule has 3 nitrogen and oxygen atoms in total. The van der Waals surface area contributed by atoms with Crippen LogP contribution < -0.4 is 0 Å². The number of ether oxygens (including phenoxy) is 1. The molecule has 14 heavy (non-hydrogen) atoms. The standard InChI is InChI=1S/C11H14O3/c1-8-5-3-4-6-9(8)7-10(14-2)11(12)13/h3-6,10H,7H2,1-2H3,(H,12,13)/t10-/m0/s1. The number of hydrogen-bond donors (Lipinski definition) is 1. The molecule has 0 radical (unpaired) electrons. The summed E-state index contributed by atoms with van der Waals surface area (Å²) >= 11 is 0. The van der Waals surface area contributed by atoms with Gasteiger partial charge in [-0.05, 0) is 18.1 Å². The highest BCUT2D eigenvalue weighted by Gasteiger charge is 2.17. The van der Waals surface area contributed by atoms with Crippen LogP contribution >= 0.6 is 0 Å². The summed E-state index contributed by atoms with van der Waals surface area (Å²) in [6.45, 7) is 1.96. The lowest BCUT2D eigenvalue weighted by atomic mass is 10.0. The van der Waals surface area contributed by atoms with Crippen LogP contribution in [0.3, 0.4) is 0 Å². The Morgan fingerprint density at radius 2 is 2.14 bits per heavy atom. The Morgan fingerprint density at radius 3 is 2.64 bits per heavy atom. The second-order valence-electron chi connectivity index (χ2n) is 3.19. The monoisotopic (exact) mass is 194 g/mol. The minimum absolute atomic E-state index is 0.415. The van der Waals surface area contributed by atoms with Gasteiger partial charge in [0.15, 0.2) is 6.10 Å². The molecular weight excluding hydrogens is 180 g/mol. The molecule has 0 heterocycles. The van der Waals surface area contributed by atoms with E-state index in [1.165, 1.54) is 7.11 Å². The van der Waals surface area contributed by atoms with Crippen molar-refractivity contribution in [1.29, 1.82) is 0 Å². The van der Waals surface area contributed by atoms with E-state index in [0.717, 1.165) is 11.1 Å². The normalized spacial score (nSPS) is 12.4. The van der Waals surface area contributed by atoms with Crippen molar-refractivity contribution in [2.75, 3.05) is 7.11 Å². The summed E-state index contributed by atoms with van der Waals surface area (Å²) in [6.07, 6.45) is -0.338. The topological polar surface area (TPSA) is 46.5 Å². The average molecular weight is 194 g/mol. The predicted molar refractivity (Wildman–Crippen MR) is 53.3 cm³/mol. The summed E-state index contributed by atoms with van der Waals surface area (Å²) in [5.41, 5.74) is 2.11. The number of aryl methyl sites for hydroxylation is 1. The third kappa shape index (κ3) is 2.57. The molecule has 0 saturated heterocycles. The Kier molecular flexibility index (Phi) is 3.65.